The molecule has 8 heteroatoms. The molecule has 2 amide bonds. The van der Waals surface area contributed by atoms with Crippen LogP contribution >= 0.6 is 0 Å². The van der Waals surface area contributed by atoms with Crippen molar-refractivity contribution >= 4 is 11.7 Å². The molecule has 1 atom stereocenters. The van der Waals surface area contributed by atoms with Gasteiger partial charge in [-0.15, -0.1) is 0 Å². The highest BCUT2D eigenvalue weighted by Crippen LogP contribution is 2.32. The van der Waals surface area contributed by atoms with E-state index in [2.05, 4.69) is 15.5 Å². The zero-order chi connectivity index (χ0) is 17.6. The quantitative estimate of drug-likeness (QED) is 0.809. The van der Waals surface area contributed by atoms with Gasteiger partial charge in [0.15, 0.2) is 5.76 Å². The van der Waals surface area contributed by atoms with Gasteiger partial charge in [-0.2, -0.15) is 0 Å². The Morgan fingerprint density at radius 1 is 1.44 bits per heavy atom. The summed E-state index contributed by atoms with van der Waals surface area (Å²) in [5.74, 6) is 1.22. The van der Waals surface area contributed by atoms with Crippen molar-refractivity contribution in [3.05, 3.63) is 35.9 Å². The zero-order valence-corrected chi connectivity index (χ0v) is 14.4. The minimum Gasteiger partial charge on any atom is -0.475 e. The fraction of sp³-hybridized carbons (Fsp3) is 0.471. The summed E-state index contributed by atoms with van der Waals surface area (Å²) in [6.07, 6.45) is 3.37. The van der Waals surface area contributed by atoms with Crippen molar-refractivity contribution < 1.29 is 18.8 Å². The van der Waals surface area contributed by atoms with Gasteiger partial charge in [0.2, 0.25) is 5.88 Å². The number of aromatic nitrogens is 2. The lowest BCUT2D eigenvalue weighted by Gasteiger charge is -2.23. The van der Waals surface area contributed by atoms with Gasteiger partial charge in [-0.3, -0.25) is 0 Å². The van der Waals surface area contributed by atoms with Crippen LogP contribution in [0.4, 0.5) is 10.5 Å². The van der Waals surface area contributed by atoms with Gasteiger partial charge in [-0.1, -0.05) is 5.16 Å². The summed E-state index contributed by atoms with van der Waals surface area (Å²) in [5, 5.41) is 6.78. The fourth-order valence-corrected chi connectivity index (χ4v) is 2.81. The molecule has 134 valence electrons. The van der Waals surface area contributed by atoms with E-state index < -0.39 is 0 Å². The van der Waals surface area contributed by atoms with E-state index in [-0.39, 0.29) is 12.1 Å². The SMILES string of the molecule is COCCOc1ccc(NC(=O)N2CCC[C@H]2c2cc(C)no2)cn1. The second-order valence-electron chi connectivity index (χ2n) is 5.88. The number of likely N-dealkylation sites (tertiary alicyclic amines) is 1. The molecule has 0 aliphatic carbocycles. The average Bonchev–Trinajstić information content (AvgIpc) is 3.25. The molecule has 8 nitrogen and oxygen atoms in total. The summed E-state index contributed by atoms with van der Waals surface area (Å²) in [6.45, 7) is 3.48. The topological polar surface area (TPSA) is 89.7 Å². The monoisotopic (exact) mass is 346 g/mol. The summed E-state index contributed by atoms with van der Waals surface area (Å²) >= 11 is 0. The van der Waals surface area contributed by atoms with E-state index in [4.69, 9.17) is 14.0 Å². The highest BCUT2D eigenvalue weighted by molar-refractivity contribution is 5.89. The molecule has 1 aliphatic heterocycles. The van der Waals surface area contributed by atoms with Crippen LogP contribution in [0.5, 0.6) is 5.88 Å². The maximum Gasteiger partial charge on any atom is 0.322 e. The fourth-order valence-electron chi connectivity index (χ4n) is 2.81. The van der Waals surface area contributed by atoms with Gasteiger partial charge in [-0.05, 0) is 25.8 Å². The van der Waals surface area contributed by atoms with E-state index in [1.54, 1.807) is 30.3 Å². The Bertz CT molecular complexity index is 701. The number of amides is 2. The number of nitrogens with zero attached hydrogens (tertiary/aromatic N) is 3. The molecule has 0 saturated carbocycles. The number of anilines is 1. The third kappa shape index (κ3) is 4.27. The third-order valence-electron chi connectivity index (χ3n) is 4.01. The van der Waals surface area contributed by atoms with Crippen LogP contribution in [0, 0.1) is 6.92 Å². The van der Waals surface area contributed by atoms with Gasteiger partial charge < -0.3 is 24.2 Å². The Morgan fingerprint density at radius 2 is 2.32 bits per heavy atom. The number of pyridine rings is 1. The maximum atomic E-state index is 12.6. The van der Waals surface area contributed by atoms with E-state index in [0.29, 0.717) is 31.3 Å². The summed E-state index contributed by atoms with van der Waals surface area (Å²) in [7, 11) is 1.61. The number of methoxy groups -OCH3 is 1. The molecule has 0 aromatic carbocycles. The molecule has 3 heterocycles. The number of hydrogen-bond donors (Lipinski definition) is 1. The minimum atomic E-state index is -0.175. The smallest absolute Gasteiger partial charge is 0.322 e. The van der Waals surface area contributed by atoms with Crippen molar-refractivity contribution in [1.82, 2.24) is 15.0 Å². The van der Waals surface area contributed by atoms with Gasteiger partial charge in [0, 0.05) is 25.8 Å². The number of carbonyl (C=O) groups excluding carboxylic acids is 1. The highest BCUT2D eigenvalue weighted by Gasteiger charge is 2.32. The number of aryl methyl sites for hydroxylation is 1. The first-order valence-corrected chi connectivity index (χ1v) is 8.26. The van der Waals surface area contributed by atoms with E-state index >= 15 is 0 Å². The summed E-state index contributed by atoms with van der Waals surface area (Å²) in [5.41, 5.74) is 1.43. The Morgan fingerprint density at radius 3 is 3.00 bits per heavy atom. The predicted molar refractivity (Wildman–Crippen MR) is 90.5 cm³/mol. The number of nitrogens with one attached hydrogen (secondary N) is 1. The Hall–Kier alpha value is -2.61. The molecule has 1 saturated heterocycles. The van der Waals surface area contributed by atoms with Crippen LogP contribution in [0.2, 0.25) is 0 Å². The minimum absolute atomic E-state index is 0.0780. The van der Waals surface area contributed by atoms with Crippen molar-refractivity contribution in [2.75, 3.05) is 32.2 Å². The second kappa shape index (κ2) is 7.98. The first-order chi connectivity index (χ1) is 12.2. The first kappa shape index (κ1) is 17.2. The number of ether oxygens (including phenoxy) is 2. The molecule has 1 aliphatic rings. The lowest BCUT2D eigenvalue weighted by molar-refractivity contribution is 0.144. The van der Waals surface area contributed by atoms with E-state index in [0.717, 1.165) is 24.3 Å². The zero-order valence-electron chi connectivity index (χ0n) is 14.4. The second-order valence-corrected chi connectivity index (χ2v) is 5.88. The van der Waals surface area contributed by atoms with Gasteiger partial charge in [0.05, 0.1) is 30.2 Å². The Kier molecular flexibility index (Phi) is 5.49. The maximum absolute atomic E-state index is 12.6. The molecular formula is C17H22N4O4. The molecule has 1 N–H and O–H groups in total. The first-order valence-electron chi connectivity index (χ1n) is 8.26. The lowest BCUT2D eigenvalue weighted by atomic mass is 10.1. The lowest BCUT2D eigenvalue weighted by Crippen LogP contribution is -2.34. The number of urea groups is 1. The summed E-state index contributed by atoms with van der Waals surface area (Å²) in [6, 6.07) is 5.10. The van der Waals surface area contributed by atoms with Gasteiger partial charge in [-0.25, -0.2) is 9.78 Å². The van der Waals surface area contributed by atoms with Crippen molar-refractivity contribution in [3.63, 3.8) is 0 Å². The molecule has 2 aromatic heterocycles. The van der Waals surface area contributed by atoms with E-state index in [9.17, 15) is 4.79 Å². The van der Waals surface area contributed by atoms with Crippen molar-refractivity contribution in [2.24, 2.45) is 0 Å². The number of carbonyl (C=O) groups is 1. The van der Waals surface area contributed by atoms with Crippen LogP contribution in [-0.2, 0) is 4.74 Å². The molecular weight excluding hydrogens is 324 g/mol. The molecule has 0 spiro atoms. The molecule has 25 heavy (non-hydrogen) atoms. The number of rotatable bonds is 6. The van der Waals surface area contributed by atoms with E-state index in [1.807, 2.05) is 13.0 Å². The predicted octanol–water partition coefficient (Wildman–Crippen LogP) is 2.77. The standard InChI is InChI=1S/C17H22N4O4/c1-12-10-15(25-20-12)14-4-3-7-21(14)17(22)19-13-5-6-16(18-11-13)24-9-8-23-2/h5-6,10-11,14H,3-4,7-9H2,1-2H3,(H,19,22)/t14-/m0/s1. The highest BCUT2D eigenvalue weighted by atomic mass is 16.5. The largest absolute Gasteiger partial charge is 0.475 e. The number of hydrogen-bond acceptors (Lipinski definition) is 6. The van der Waals surface area contributed by atoms with Crippen LogP contribution in [0.15, 0.2) is 28.9 Å². The Labute approximate surface area is 146 Å². The van der Waals surface area contributed by atoms with Crippen molar-refractivity contribution in [3.8, 4) is 5.88 Å². The summed E-state index contributed by atoms with van der Waals surface area (Å²) in [4.78, 5) is 18.5. The summed E-state index contributed by atoms with van der Waals surface area (Å²) < 4.78 is 15.7. The molecule has 0 radical (unpaired) electrons. The molecule has 2 aromatic rings. The van der Waals surface area contributed by atoms with Crippen molar-refractivity contribution in [1.29, 1.82) is 0 Å². The third-order valence-corrected chi connectivity index (χ3v) is 4.01. The molecule has 3 rings (SSSR count). The van der Waals surface area contributed by atoms with Crippen LogP contribution in [0.25, 0.3) is 0 Å². The Balaban J connectivity index is 1.59. The molecule has 0 unspecified atom stereocenters. The van der Waals surface area contributed by atoms with Crippen LogP contribution in [0.3, 0.4) is 0 Å². The van der Waals surface area contributed by atoms with Gasteiger partial charge in [0.25, 0.3) is 0 Å². The van der Waals surface area contributed by atoms with Crippen molar-refractivity contribution in [2.45, 2.75) is 25.8 Å². The van der Waals surface area contributed by atoms with Crippen LogP contribution < -0.4 is 10.1 Å². The molecule has 0 bridgehead atoms. The van der Waals surface area contributed by atoms with Gasteiger partial charge in [0.1, 0.15) is 6.61 Å². The van der Waals surface area contributed by atoms with Crippen LogP contribution in [-0.4, -0.2) is 47.9 Å². The normalized spacial score (nSPS) is 16.9. The average molecular weight is 346 g/mol. The van der Waals surface area contributed by atoms with E-state index in [1.165, 1.54) is 0 Å². The molecule has 1 fully saturated rings. The van der Waals surface area contributed by atoms with Gasteiger partial charge >= 0.3 is 6.03 Å². The van der Waals surface area contributed by atoms with Crippen LogP contribution in [0.1, 0.15) is 30.3 Å².